The van der Waals surface area contributed by atoms with Gasteiger partial charge in [0.05, 0.1) is 0 Å². The molecule has 0 radical (unpaired) electrons. The van der Waals surface area contributed by atoms with Crippen LogP contribution in [0.1, 0.15) is 13.8 Å². The fourth-order valence-corrected chi connectivity index (χ4v) is 1.53. The van der Waals surface area contributed by atoms with Crippen LogP contribution in [0, 0.1) is 0 Å². The molecule has 0 saturated heterocycles. The SMILES string of the molecule is CC(C)N(CCBr)c1nnnn1C. The number of alkyl halides is 1. The summed E-state index contributed by atoms with van der Waals surface area (Å²) in [5, 5.41) is 12.3. The number of rotatable bonds is 4. The quantitative estimate of drug-likeness (QED) is 0.740. The molecule has 0 amide bonds. The minimum absolute atomic E-state index is 0.405. The zero-order chi connectivity index (χ0) is 9.84. The first kappa shape index (κ1) is 10.4. The molecule has 0 spiro atoms. The summed E-state index contributed by atoms with van der Waals surface area (Å²) in [4.78, 5) is 2.15. The Bertz CT molecular complexity index is 259. The number of hydrogen-bond acceptors (Lipinski definition) is 4. The molecule has 1 heterocycles. The molecule has 5 nitrogen and oxygen atoms in total. The molecule has 1 aromatic rings. The van der Waals surface area contributed by atoms with Gasteiger partial charge in [-0.2, -0.15) is 0 Å². The Morgan fingerprint density at radius 2 is 2.23 bits per heavy atom. The van der Waals surface area contributed by atoms with Gasteiger partial charge in [-0.25, -0.2) is 4.68 Å². The van der Waals surface area contributed by atoms with E-state index < -0.39 is 0 Å². The van der Waals surface area contributed by atoms with E-state index in [1.807, 2.05) is 7.05 Å². The molecule has 1 rings (SSSR count). The topological polar surface area (TPSA) is 46.8 Å². The van der Waals surface area contributed by atoms with E-state index in [0.717, 1.165) is 17.8 Å². The Morgan fingerprint density at radius 1 is 1.54 bits per heavy atom. The van der Waals surface area contributed by atoms with Gasteiger partial charge in [-0.05, 0) is 24.3 Å². The van der Waals surface area contributed by atoms with E-state index in [9.17, 15) is 0 Å². The molecule has 0 N–H and O–H groups in total. The maximum absolute atomic E-state index is 3.96. The van der Waals surface area contributed by atoms with Crippen LogP contribution in [0.2, 0.25) is 0 Å². The van der Waals surface area contributed by atoms with Crippen LogP contribution in [0.4, 0.5) is 5.95 Å². The highest BCUT2D eigenvalue weighted by molar-refractivity contribution is 9.09. The van der Waals surface area contributed by atoms with Gasteiger partial charge in [0.2, 0.25) is 5.95 Å². The smallest absolute Gasteiger partial charge is 0.245 e. The zero-order valence-corrected chi connectivity index (χ0v) is 9.69. The third kappa shape index (κ3) is 2.40. The number of hydrogen-bond donors (Lipinski definition) is 0. The number of halogens is 1. The van der Waals surface area contributed by atoms with Crippen LogP contribution in [0.3, 0.4) is 0 Å². The first-order valence-corrected chi connectivity index (χ1v) is 5.34. The molecule has 0 bridgehead atoms. The number of anilines is 1. The lowest BCUT2D eigenvalue weighted by atomic mass is 10.3. The van der Waals surface area contributed by atoms with Gasteiger partial charge in [0, 0.05) is 25.0 Å². The van der Waals surface area contributed by atoms with Crippen molar-refractivity contribution in [1.82, 2.24) is 20.2 Å². The molecule has 0 unspecified atom stereocenters. The summed E-state index contributed by atoms with van der Waals surface area (Å²) in [7, 11) is 1.85. The fourth-order valence-electron chi connectivity index (χ4n) is 1.15. The van der Waals surface area contributed by atoms with Gasteiger partial charge in [-0.3, -0.25) is 0 Å². The van der Waals surface area contributed by atoms with Crippen molar-refractivity contribution in [2.24, 2.45) is 7.05 Å². The van der Waals surface area contributed by atoms with Gasteiger partial charge in [0.25, 0.3) is 0 Å². The lowest BCUT2D eigenvalue weighted by molar-refractivity contribution is 0.642. The Hall–Kier alpha value is -0.650. The molecule has 0 saturated carbocycles. The predicted octanol–water partition coefficient (Wildman–Crippen LogP) is 0.820. The van der Waals surface area contributed by atoms with Crippen molar-refractivity contribution < 1.29 is 0 Å². The van der Waals surface area contributed by atoms with E-state index in [-0.39, 0.29) is 0 Å². The summed E-state index contributed by atoms with van der Waals surface area (Å²) in [6.45, 7) is 5.15. The third-order valence-electron chi connectivity index (χ3n) is 1.80. The van der Waals surface area contributed by atoms with E-state index in [1.165, 1.54) is 0 Å². The summed E-state index contributed by atoms with van der Waals surface area (Å²) in [5.41, 5.74) is 0. The highest BCUT2D eigenvalue weighted by Crippen LogP contribution is 2.10. The minimum atomic E-state index is 0.405. The van der Waals surface area contributed by atoms with Crippen LogP contribution in [0.5, 0.6) is 0 Å². The zero-order valence-electron chi connectivity index (χ0n) is 8.11. The molecular formula is C7H14BrN5. The maximum atomic E-state index is 3.96. The first-order valence-electron chi connectivity index (χ1n) is 4.21. The van der Waals surface area contributed by atoms with Crippen molar-refractivity contribution in [3.63, 3.8) is 0 Å². The summed E-state index contributed by atoms with van der Waals surface area (Å²) in [6.07, 6.45) is 0. The molecule has 0 aromatic carbocycles. The van der Waals surface area contributed by atoms with Crippen LogP contribution < -0.4 is 4.90 Å². The van der Waals surface area contributed by atoms with E-state index in [2.05, 4.69) is 50.2 Å². The van der Waals surface area contributed by atoms with E-state index >= 15 is 0 Å². The summed E-state index contributed by atoms with van der Waals surface area (Å²) >= 11 is 3.41. The van der Waals surface area contributed by atoms with Crippen molar-refractivity contribution in [3.05, 3.63) is 0 Å². The summed E-state index contributed by atoms with van der Waals surface area (Å²) < 4.78 is 1.68. The Labute approximate surface area is 86.2 Å². The second-order valence-electron chi connectivity index (χ2n) is 3.08. The molecule has 13 heavy (non-hydrogen) atoms. The normalized spacial score (nSPS) is 10.8. The lowest BCUT2D eigenvalue weighted by Crippen LogP contribution is -2.34. The van der Waals surface area contributed by atoms with Gasteiger partial charge in [-0.1, -0.05) is 21.0 Å². The lowest BCUT2D eigenvalue weighted by Gasteiger charge is -2.25. The molecule has 6 heteroatoms. The number of aryl methyl sites for hydroxylation is 1. The van der Waals surface area contributed by atoms with Crippen molar-refractivity contribution in [2.45, 2.75) is 19.9 Å². The molecule has 0 aliphatic rings. The van der Waals surface area contributed by atoms with Crippen molar-refractivity contribution in [2.75, 3.05) is 16.8 Å². The summed E-state index contributed by atoms with van der Waals surface area (Å²) in [5.74, 6) is 0.814. The number of nitrogens with zero attached hydrogens (tertiary/aromatic N) is 5. The molecule has 1 aromatic heterocycles. The van der Waals surface area contributed by atoms with E-state index in [1.54, 1.807) is 4.68 Å². The first-order chi connectivity index (χ1) is 6.16. The van der Waals surface area contributed by atoms with Gasteiger partial charge >= 0.3 is 0 Å². The second kappa shape index (κ2) is 4.55. The molecular weight excluding hydrogens is 234 g/mol. The number of tetrazole rings is 1. The van der Waals surface area contributed by atoms with Gasteiger partial charge in [0.15, 0.2) is 0 Å². The van der Waals surface area contributed by atoms with E-state index in [4.69, 9.17) is 0 Å². The monoisotopic (exact) mass is 247 g/mol. The molecule has 0 fully saturated rings. The Morgan fingerprint density at radius 3 is 2.62 bits per heavy atom. The molecule has 0 aliphatic carbocycles. The minimum Gasteiger partial charge on any atom is -0.336 e. The van der Waals surface area contributed by atoms with Crippen LogP contribution in [-0.2, 0) is 7.05 Å². The summed E-state index contributed by atoms with van der Waals surface area (Å²) in [6, 6.07) is 0.405. The van der Waals surface area contributed by atoms with E-state index in [0.29, 0.717) is 6.04 Å². The van der Waals surface area contributed by atoms with Gasteiger partial charge < -0.3 is 4.90 Å². The highest BCUT2D eigenvalue weighted by atomic mass is 79.9. The Kier molecular flexibility index (Phi) is 3.65. The average Bonchev–Trinajstić information content (AvgIpc) is 2.47. The second-order valence-corrected chi connectivity index (χ2v) is 3.87. The van der Waals surface area contributed by atoms with Crippen molar-refractivity contribution in [1.29, 1.82) is 0 Å². The van der Waals surface area contributed by atoms with Crippen molar-refractivity contribution in [3.8, 4) is 0 Å². The maximum Gasteiger partial charge on any atom is 0.245 e. The van der Waals surface area contributed by atoms with Crippen LogP contribution in [0.15, 0.2) is 0 Å². The third-order valence-corrected chi connectivity index (χ3v) is 2.16. The van der Waals surface area contributed by atoms with Gasteiger partial charge in [0.1, 0.15) is 0 Å². The largest absolute Gasteiger partial charge is 0.336 e. The van der Waals surface area contributed by atoms with Gasteiger partial charge in [-0.15, -0.1) is 0 Å². The van der Waals surface area contributed by atoms with Crippen LogP contribution in [0.25, 0.3) is 0 Å². The highest BCUT2D eigenvalue weighted by Gasteiger charge is 2.14. The van der Waals surface area contributed by atoms with Crippen LogP contribution in [-0.4, -0.2) is 38.1 Å². The average molecular weight is 248 g/mol. The van der Waals surface area contributed by atoms with Crippen molar-refractivity contribution >= 4 is 21.9 Å². The number of aromatic nitrogens is 4. The Balaban J connectivity index is 2.82. The molecule has 74 valence electrons. The van der Waals surface area contributed by atoms with Crippen LogP contribution >= 0.6 is 15.9 Å². The molecule has 0 atom stereocenters. The molecule has 0 aliphatic heterocycles. The standard InChI is InChI=1S/C7H14BrN5/c1-6(2)13(5-4-8)7-9-10-11-12(7)3/h6H,4-5H2,1-3H3. The predicted molar refractivity (Wildman–Crippen MR) is 55.1 cm³/mol. The fraction of sp³-hybridized carbons (Fsp3) is 0.857.